The molecule has 27 heavy (non-hydrogen) atoms. The van der Waals surface area contributed by atoms with Gasteiger partial charge in [-0.05, 0) is 49.3 Å². The summed E-state index contributed by atoms with van der Waals surface area (Å²) in [5.41, 5.74) is 2.18. The number of rotatable bonds is 6. The van der Waals surface area contributed by atoms with Gasteiger partial charge in [0, 0.05) is 30.4 Å². The second-order valence-corrected chi connectivity index (χ2v) is 7.80. The van der Waals surface area contributed by atoms with E-state index < -0.39 is 0 Å². The van der Waals surface area contributed by atoms with E-state index in [-0.39, 0.29) is 5.91 Å². The zero-order valence-corrected chi connectivity index (χ0v) is 17.0. The fourth-order valence-electron chi connectivity index (χ4n) is 2.92. The lowest BCUT2D eigenvalue weighted by Crippen LogP contribution is -2.27. The zero-order chi connectivity index (χ0) is 19.0. The predicted octanol–water partition coefficient (Wildman–Crippen LogP) is 2.67. The summed E-state index contributed by atoms with van der Waals surface area (Å²) < 4.78 is 5.12. The van der Waals surface area contributed by atoms with E-state index in [4.69, 9.17) is 12.2 Å². The smallest absolute Gasteiger partial charge is 0.273 e. The minimum absolute atomic E-state index is 0.211. The third-order valence-corrected chi connectivity index (χ3v) is 5.46. The van der Waals surface area contributed by atoms with E-state index in [2.05, 4.69) is 41.8 Å². The van der Waals surface area contributed by atoms with Crippen molar-refractivity contribution in [3.05, 3.63) is 50.7 Å². The van der Waals surface area contributed by atoms with Crippen molar-refractivity contribution in [1.82, 2.24) is 35.1 Å². The Morgan fingerprint density at radius 1 is 1.37 bits per heavy atom. The molecule has 1 amide bonds. The van der Waals surface area contributed by atoms with Crippen LogP contribution >= 0.6 is 28.1 Å². The molecule has 0 unspecified atom stereocenters. The molecular formula is C17H18BrN7OS. The first-order valence-electron chi connectivity index (χ1n) is 8.64. The SMILES string of the molecule is Cn1c(CCNC(=O)c2nnn(-c3ccc(Br)cc3)c2C2CC2)n[nH]c1=S. The minimum atomic E-state index is -0.211. The molecule has 1 saturated carbocycles. The number of aromatic amines is 1. The van der Waals surface area contributed by atoms with E-state index >= 15 is 0 Å². The summed E-state index contributed by atoms with van der Waals surface area (Å²) in [6, 6.07) is 7.81. The first kappa shape index (κ1) is 18.1. The summed E-state index contributed by atoms with van der Waals surface area (Å²) in [5, 5.41) is 18.2. The third kappa shape index (κ3) is 3.72. The van der Waals surface area contributed by atoms with Crippen LogP contribution in [0.4, 0.5) is 0 Å². The van der Waals surface area contributed by atoms with Crippen molar-refractivity contribution < 1.29 is 4.79 Å². The molecule has 0 saturated heterocycles. The molecule has 1 aromatic carbocycles. The Bertz CT molecular complexity index is 1030. The van der Waals surface area contributed by atoms with Crippen molar-refractivity contribution >= 4 is 34.1 Å². The highest BCUT2D eigenvalue weighted by molar-refractivity contribution is 9.10. The van der Waals surface area contributed by atoms with Crippen molar-refractivity contribution in [3.63, 3.8) is 0 Å². The molecule has 10 heteroatoms. The van der Waals surface area contributed by atoms with Crippen LogP contribution in [0, 0.1) is 4.77 Å². The average Bonchev–Trinajstić information content (AvgIpc) is 3.33. The number of nitrogens with zero attached hydrogens (tertiary/aromatic N) is 5. The van der Waals surface area contributed by atoms with Crippen LogP contribution < -0.4 is 5.32 Å². The minimum Gasteiger partial charge on any atom is -0.350 e. The molecule has 1 aliphatic carbocycles. The zero-order valence-electron chi connectivity index (χ0n) is 14.6. The van der Waals surface area contributed by atoms with Gasteiger partial charge in [0.1, 0.15) is 5.82 Å². The number of benzene rings is 1. The lowest BCUT2D eigenvalue weighted by Gasteiger charge is -2.08. The highest BCUT2D eigenvalue weighted by Gasteiger charge is 2.34. The molecule has 8 nitrogen and oxygen atoms in total. The van der Waals surface area contributed by atoms with Crippen LogP contribution in [-0.2, 0) is 13.5 Å². The number of aromatic nitrogens is 6. The Labute approximate surface area is 169 Å². The monoisotopic (exact) mass is 447 g/mol. The van der Waals surface area contributed by atoms with E-state index in [0.29, 0.717) is 29.3 Å². The molecule has 4 rings (SSSR count). The molecule has 1 fully saturated rings. The molecule has 0 atom stereocenters. The number of carbonyl (C=O) groups excluding carboxylic acids is 1. The molecule has 1 aliphatic rings. The molecule has 0 spiro atoms. The first-order valence-corrected chi connectivity index (χ1v) is 9.84. The van der Waals surface area contributed by atoms with Gasteiger partial charge in [0.05, 0.1) is 11.4 Å². The lowest BCUT2D eigenvalue weighted by molar-refractivity contribution is 0.0947. The molecule has 2 heterocycles. The van der Waals surface area contributed by atoms with Crippen LogP contribution in [0.2, 0.25) is 0 Å². The van der Waals surface area contributed by atoms with Gasteiger partial charge in [-0.15, -0.1) is 5.10 Å². The van der Waals surface area contributed by atoms with Crippen molar-refractivity contribution in [2.75, 3.05) is 6.54 Å². The van der Waals surface area contributed by atoms with Gasteiger partial charge in [0.2, 0.25) is 0 Å². The Kier molecular flexibility index (Phi) is 4.92. The normalized spacial score (nSPS) is 13.7. The molecular weight excluding hydrogens is 430 g/mol. The van der Waals surface area contributed by atoms with Crippen molar-refractivity contribution in [2.45, 2.75) is 25.2 Å². The molecule has 3 aromatic rings. The van der Waals surface area contributed by atoms with E-state index in [1.807, 2.05) is 31.3 Å². The van der Waals surface area contributed by atoms with E-state index in [1.54, 1.807) is 9.25 Å². The standard InChI is InChI=1S/C17H18BrN7OS/c1-24-13(20-22-17(24)27)8-9-19-16(26)14-15(10-2-3-10)25(23-21-14)12-6-4-11(18)5-7-12/h4-7,10H,2-3,8-9H2,1H3,(H,19,26)(H,22,27). The summed E-state index contributed by atoms with van der Waals surface area (Å²) in [6.07, 6.45) is 2.68. The van der Waals surface area contributed by atoms with Gasteiger partial charge >= 0.3 is 0 Å². The Balaban J connectivity index is 1.51. The number of amides is 1. The molecule has 0 radical (unpaired) electrons. The summed E-state index contributed by atoms with van der Waals surface area (Å²) in [6.45, 7) is 0.446. The third-order valence-electron chi connectivity index (χ3n) is 4.56. The van der Waals surface area contributed by atoms with Crippen LogP contribution in [0.15, 0.2) is 28.7 Å². The van der Waals surface area contributed by atoms with Crippen molar-refractivity contribution in [1.29, 1.82) is 0 Å². The second-order valence-electron chi connectivity index (χ2n) is 6.50. The maximum atomic E-state index is 12.7. The molecule has 0 bridgehead atoms. The average molecular weight is 448 g/mol. The number of carbonyl (C=O) groups is 1. The quantitative estimate of drug-likeness (QED) is 0.566. The fraction of sp³-hybridized carbons (Fsp3) is 0.353. The van der Waals surface area contributed by atoms with Gasteiger partial charge in [-0.25, -0.2) is 4.68 Å². The van der Waals surface area contributed by atoms with Gasteiger partial charge in [-0.3, -0.25) is 9.89 Å². The number of hydrogen-bond acceptors (Lipinski definition) is 5. The van der Waals surface area contributed by atoms with Gasteiger partial charge in [-0.1, -0.05) is 21.1 Å². The van der Waals surface area contributed by atoms with E-state index in [1.165, 1.54) is 0 Å². The maximum absolute atomic E-state index is 12.7. The van der Waals surface area contributed by atoms with Crippen LogP contribution in [0.25, 0.3) is 5.69 Å². The van der Waals surface area contributed by atoms with E-state index in [9.17, 15) is 4.79 Å². The summed E-state index contributed by atoms with van der Waals surface area (Å²) in [7, 11) is 1.85. The number of nitrogens with one attached hydrogen (secondary N) is 2. The first-order chi connectivity index (χ1) is 13.0. The van der Waals surface area contributed by atoms with Gasteiger partial charge < -0.3 is 9.88 Å². The largest absolute Gasteiger partial charge is 0.350 e. The molecule has 2 aromatic heterocycles. The highest BCUT2D eigenvalue weighted by Crippen LogP contribution is 2.42. The van der Waals surface area contributed by atoms with Crippen molar-refractivity contribution in [2.24, 2.45) is 7.05 Å². The Morgan fingerprint density at radius 3 is 2.74 bits per heavy atom. The number of hydrogen-bond donors (Lipinski definition) is 2. The van der Waals surface area contributed by atoms with Gasteiger partial charge in [0.15, 0.2) is 10.5 Å². The van der Waals surface area contributed by atoms with Gasteiger partial charge in [-0.2, -0.15) is 5.10 Å². The van der Waals surface area contributed by atoms with Crippen LogP contribution in [0.1, 0.15) is 40.8 Å². The van der Waals surface area contributed by atoms with Crippen LogP contribution in [-0.4, -0.2) is 42.2 Å². The molecule has 2 N–H and O–H groups in total. The fourth-order valence-corrected chi connectivity index (χ4v) is 3.34. The Hall–Kier alpha value is -2.33. The van der Waals surface area contributed by atoms with E-state index in [0.717, 1.165) is 34.5 Å². The predicted molar refractivity (Wildman–Crippen MR) is 105 cm³/mol. The summed E-state index contributed by atoms with van der Waals surface area (Å²) in [4.78, 5) is 12.7. The maximum Gasteiger partial charge on any atom is 0.273 e. The number of H-pyrrole nitrogens is 1. The highest BCUT2D eigenvalue weighted by atomic mass is 79.9. The second kappa shape index (κ2) is 7.35. The molecule has 0 aliphatic heterocycles. The summed E-state index contributed by atoms with van der Waals surface area (Å²) in [5.74, 6) is 0.912. The van der Waals surface area contributed by atoms with Crippen LogP contribution in [0.5, 0.6) is 0 Å². The summed E-state index contributed by atoms with van der Waals surface area (Å²) >= 11 is 8.53. The van der Waals surface area contributed by atoms with Gasteiger partial charge in [0.25, 0.3) is 5.91 Å². The van der Waals surface area contributed by atoms with Crippen LogP contribution in [0.3, 0.4) is 0 Å². The lowest BCUT2D eigenvalue weighted by atomic mass is 10.2. The van der Waals surface area contributed by atoms with Crippen molar-refractivity contribution in [3.8, 4) is 5.69 Å². The molecule has 140 valence electrons. The Morgan fingerprint density at radius 2 is 2.11 bits per heavy atom. The number of halogens is 1. The topological polar surface area (TPSA) is 93.4 Å².